The highest BCUT2D eigenvalue weighted by molar-refractivity contribution is 7.15. The third kappa shape index (κ3) is 3.79. The largest absolute Gasteiger partial charge is 0.368 e. The summed E-state index contributed by atoms with van der Waals surface area (Å²) in [5.41, 5.74) is 0.978. The van der Waals surface area contributed by atoms with E-state index in [0.29, 0.717) is 28.2 Å². The van der Waals surface area contributed by atoms with Crippen LogP contribution in [-0.2, 0) is 16.0 Å². The third-order valence-electron chi connectivity index (χ3n) is 3.39. The second-order valence-corrected chi connectivity index (χ2v) is 6.99. The van der Waals surface area contributed by atoms with E-state index in [-0.39, 0.29) is 12.0 Å². The van der Waals surface area contributed by atoms with E-state index in [0.717, 1.165) is 23.3 Å². The average Bonchev–Trinajstić information content (AvgIpc) is 3.13. The summed E-state index contributed by atoms with van der Waals surface area (Å²) in [6.07, 6.45) is 3.75. The van der Waals surface area contributed by atoms with Gasteiger partial charge in [0.25, 0.3) is 5.91 Å². The van der Waals surface area contributed by atoms with Crippen molar-refractivity contribution in [2.75, 3.05) is 11.9 Å². The summed E-state index contributed by atoms with van der Waals surface area (Å²) in [6.45, 7) is 0.649. The van der Waals surface area contributed by atoms with Crippen molar-refractivity contribution in [3.8, 4) is 0 Å². The summed E-state index contributed by atoms with van der Waals surface area (Å²) in [5, 5.41) is 4.63. The predicted octanol–water partition coefficient (Wildman–Crippen LogP) is 4.16. The zero-order valence-corrected chi connectivity index (χ0v) is 14.0. The molecule has 4 nitrogen and oxygen atoms in total. The minimum atomic E-state index is -0.349. The number of benzene rings is 1. The maximum absolute atomic E-state index is 12.0. The van der Waals surface area contributed by atoms with E-state index in [9.17, 15) is 4.79 Å². The Morgan fingerprint density at radius 1 is 1.45 bits per heavy atom. The lowest BCUT2D eigenvalue weighted by Gasteiger charge is -2.07. The van der Waals surface area contributed by atoms with Crippen molar-refractivity contribution in [1.82, 2.24) is 4.98 Å². The van der Waals surface area contributed by atoms with Crippen LogP contribution in [-0.4, -0.2) is 23.6 Å². The Kier molecular flexibility index (Phi) is 4.98. The van der Waals surface area contributed by atoms with Crippen LogP contribution in [0.2, 0.25) is 10.0 Å². The molecule has 1 fully saturated rings. The zero-order chi connectivity index (χ0) is 15.5. The van der Waals surface area contributed by atoms with E-state index in [1.807, 2.05) is 12.1 Å². The van der Waals surface area contributed by atoms with Crippen molar-refractivity contribution in [3.63, 3.8) is 0 Å². The molecule has 0 radical (unpaired) electrons. The Hall–Kier alpha value is -1.14. The lowest BCUT2D eigenvalue weighted by molar-refractivity contribution is -0.124. The molecule has 3 rings (SSSR count). The molecule has 1 unspecified atom stereocenters. The highest BCUT2D eigenvalue weighted by Crippen LogP contribution is 2.27. The molecular formula is C15H14Cl2N2O2S. The van der Waals surface area contributed by atoms with Crippen LogP contribution >= 0.6 is 34.5 Å². The molecule has 2 heterocycles. The molecule has 1 aromatic heterocycles. The van der Waals surface area contributed by atoms with Gasteiger partial charge >= 0.3 is 0 Å². The predicted molar refractivity (Wildman–Crippen MR) is 89.0 cm³/mol. The molecule has 1 atom stereocenters. The lowest BCUT2D eigenvalue weighted by atomic mass is 10.1. The van der Waals surface area contributed by atoms with E-state index in [4.69, 9.17) is 27.9 Å². The first-order valence-corrected chi connectivity index (χ1v) is 8.50. The first kappa shape index (κ1) is 15.7. The number of ether oxygens (including phenoxy) is 1. The molecule has 1 aliphatic heterocycles. The minimum absolute atomic E-state index is 0.122. The highest BCUT2D eigenvalue weighted by atomic mass is 35.5. The van der Waals surface area contributed by atoms with Crippen LogP contribution in [0.5, 0.6) is 0 Å². The Morgan fingerprint density at radius 2 is 2.32 bits per heavy atom. The van der Waals surface area contributed by atoms with E-state index in [1.165, 1.54) is 11.3 Å². The average molecular weight is 357 g/mol. The fourth-order valence-corrected chi connectivity index (χ4v) is 3.58. The van der Waals surface area contributed by atoms with E-state index >= 15 is 0 Å². The number of nitrogens with zero attached hydrogens (tertiary/aromatic N) is 1. The van der Waals surface area contributed by atoms with Crippen LogP contribution in [0, 0.1) is 0 Å². The first-order chi connectivity index (χ1) is 10.6. The van der Waals surface area contributed by atoms with Crippen LogP contribution in [0.4, 0.5) is 5.13 Å². The molecule has 0 bridgehead atoms. The van der Waals surface area contributed by atoms with Crippen molar-refractivity contribution < 1.29 is 9.53 Å². The molecular weight excluding hydrogens is 343 g/mol. The minimum Gasteiger partial charge on any atom is -0.368 e. The van der Waals surface area contributed by atoms with Crippen molar-refractivity contribution in [3.05, 3.63) is 44.9 Å². The standard InChI is InChI=1S/C15H14Cl2N2O2S/c16-10-4-3-9(12(17)7-10)6-11-8-18-15(22-11)19-14(20)13-2-1-5-21-13/h3-4,7-8,13H,1-2,5-6H2,(H,18,19,20). The van der Waals surface area contributed by atoms with Gasteiger partial charge in [0.05, 0.1) is 0 Å². The highest BCUT2D eigenvalue weighted by Gasteiger charge is 2.24. The topological polar surface area (TPSA) is 51.2 Å². The second-order valence-electron chi connectivity index (χ2n) is 5.04. The van der Waals surface area contributed by atoms with Gasteiger partial charge in [-0.2, -0.15) is 0 Å². The number of aromatic nitrogens is 1. The van der Waals surface area contributed by atoms with Crippen molar-refractivity contribution in [1.29, 1.82) is 0 Å². The number of anilines is 1. The van der Waals surface area contributed by atoms with Crippen LogP contribution in [0.3, 0.4) is 0 Å². The summed E-state index contributed by atoms with van der Waals surface area (Å²) >= 11 is 13.5. The number of hydrogen-bond acceptors (Lipinski definition) is 4. The molecule has 1 N–H and O–H groups in total. The van der Waals surface area contributed by atoms with Crippen LogP contribution in [0.1, 0.15) is 23.3 Å². The van der Waals surface area contributed by atoms with Gasteiger partial charge in [-0.3, -0.25) is 10.1 Å². The Morgan fingerprint density at radius 3 is 3.05 bits per heavy atom. The molecule has 1 aromatic carbocycles. The molecule has 7 heteroatoms. The molecule has 1 amide bonds. The molecule has 0 spiro atoms. The number of rotatable bonds is 4. The van der Waals surface area contributed by atoms with E-state index < -0.39 is 0 Å². The van der Waals surface area contributed by atoms with E-state index in [2.05, 4.69) is 10.3 Å². The van der Waals surface area contributed by atoms with Gasteiger partial charge in [0.2, 0.25) is 0 Å². The van der Waals surface area contributed by atoms with Gasteiger partial charge in [0, 0.05) is 34.1 Å². The molecule has 22 heavy (non-hydrogen) atoms. The fourth-order valence-electron chi connectivity index (χ4n) is 2.27. The first-order valence-electron chi connectivity index (χ1n) is 6.93. The smallest absolute Gasteiger partial charge is 0.255 e. The number of hydrogen-bond donors (Lipinski definition) is 1. The SMILES string of the molecule is O=C(Nc1ncc(Cc2ccc(Cl)cc2Cl)s1)C1CCCO1. The van der Waals surface area contributed by atoms with Gasteiger partial charge in [-0.05, 0) is 30.5 Å². The second kappa shape index (κ2) is 6.96. The Balaban J connectivity index is 1.64. The Labute approximate surface area is 142 Å². The summed E-state index contributed by atoms with van der Waals surface area (Å²) in [7, 11) is 0. The van der Waals surface area contributed by atoms with Crippen molar-refractivity contribution >= 4 is 45.6 Å². The number of carbonyl (C=O) groups excluding carboxylic acids is 1. The summed E-state index contributed by atoms with van der Waals surface area (Å²) < 4.78 is 5.35. The van der Waals surface area contributed by atoms with Crippen LogP contribution < -0.4 is 5.32 Å². The summed E-state index contributed by atoms with van der Waals surface area (Å²) in [4.78, 5) is 17.2. The third-order valence-corrected chi connectivity index (χ3v) is 4.89. The molecule has 0 aliphatic carbocycles. The summed E-state index contributed by atoms with van der Waals surface area (Å²) in [5.74, 6) is -0.122. The maximum atomic E-state index is 12.0. The molecule has 0 saturated carbocycles. The number of nitrogens with one attached hydrogen (secondary N) is 1. The normalized spacial score (nSPS) is 17.6. The monoisotopic (exact) mass is 356 g/mol. The van der Waals surface area contributed by atoms with E-state index in [1.54, 1.807) is 12.3 Å². The lowest BCUT2D eigenvalue weighted by Crippen LogP contribution is -2.26. The number of amides is 1. The quantitative estimate of drug-likeness (QED) is 0.894. The molecule has 1 aliphatic rings. The molecule has 2 aromatic rings. The zero-order valence-electron chi connectivity index (χ0n) is 11.6. The number of carbonyl (C=O) groups is 1. The van der Waals surface area contributed by atoms with Crippen LogP contribution in [0.25, 0.3) is 0 Å². The Bertz CT molecular complexity index is 684. The summed E-state index contributed by atoms with van der Waals surface area (Å²) in [6, 6.07) is 5.43. The number of halogens is 2. The van der Waals surface area contributed by atoms with Gasteiger partial charge in [-0.1, -0.05) is 29.3 Å². The molecule has 116 valence electrons. The van der Waals surface area contributed by atoms with Gasteiger partial charge in [-0.15, -0.1) is 11.3 Å². The maximum Gasteiger partial charge on any atom is 0.255 e. The molecule has 1 saturated heterocycles. The van der Waals surface area contributed by atoms with Gasteiger partial charge in [0.1, 0.15) is 6.10 Å². The van der Waals surface area contributed by atoms with Gasteiger partial charge < -0.3 is 4.74 Å². The van der Waals surface area contributed by atoms with Crippen LogP contribution in [0.15, 0.2) is 24.4 Å². The van der Waals surface area contributed by atoms with Crippen molar-refractivity contribution in [2.45, 2.75) is 25.4 Å². The number of thiazole rings is 1. The van der Waals surface area contributed by atoms with Crippen molar-refractivity contribution in [2.24, 2.45) is 0 Å². The van der Waals surface area contributed by atoms with Gasteiger partial charge in [-0.25, -0.2) is 4.98 Å². The fraction of sp³-hybridized carbons (Fsp3) is 0.333. The van der Waals surface area contributed by atoms with Gasteiger partial charge in [0.15, 0.2) is 5.13 Å².